The van der Waals surface area contributed by atoms with Crippen LogP contribution in [0.25, 0.3) is 0 Å². The number of carbonyl (C=O) groups is 2. The molecule has 0 aliphatic heterocycles. The minimum absolute atomic E-state index is 0.0368. The van der Waals surface area contributed by atoms with Gasteiger partial charge in [0.05, 0.1) is 33.8 Å². The second-order valence-corrected chi connectivity index (χ2v) is 25.7. The molecular formula is C76H131N2O7P. The molecule has 10 heteroatoms. The van der Waals surface area contributed by atoms with Crippen molar-refractivity contribution in [1.29, 1.82) is 0 Å². The highest BCUT2D eigenvalue weighted by Gasteiger charge is 2.27. The number of amides is 1. The van der Waals surface area contributed by atoms with Gasteiger partial charge in [0, 0.05) is 12.8 Å². The lowest BCUT2D eigenvalue weighted by molar-refractivity contribution is -0.870. The van der Waals surface area contributed by atoms with Crippen molar-refractivity contribution in [2.75, 3.05) is 40.9 Å². The molecule has 3 unspecified atom stereocenters. The van der Waals surface area contributed by atoms with E-state index in [1.54, 1.807) is 0 Å². The Bertz CT molecular complexity index is 1930. The summed E-state index contributed by atoms with van der Waals surface area (Å²) in [6.45, 7) is 6.67. The van der Waals surface area contributed by atoms with E-state index in [9.17, 15) is 19.0 Å². The van der Waals surface area contributed by atoms with Crippen LogP contribution in [0.3, 0.4) is 0 Å². The van der Waals surface area contributed by atoms with E-state index < -0.39 is 26.6 Å². The fraction of sp³-hybridized carbons (Fsp3) is 0.684. The molecule has 0 aromatic heterocycles. The Morgan fingerprint density at radius 1 is 0.419 bits per heavy atom. The second-order valence-electron chi connectivity index (χ2n) is 24.3. The highest BCUT2D eigenvalue weighted by molar-refractivity contribution is 7.45. The summed E-state index contributed by atoms with van der Waals surface area (Å²) in [7, 11) is 1.14. The number of rotatable bonds is 62. The molecule has 0 saturated carbocycles. The van der Waals surface area contributed by atoms with Gasteiger partial charge in [0.25, 0.3) is 7.82 Å². The summed E-state index contributed by atoms with van der Waals surface area (Å²) in [5.41, 5.74) is 0. The normalized spacial score (nSPS) is 14.4. The van der Waals surface area contributed by atoms with E-state index in [-0.39, 0.29) is 24.9 Å². The average Bonchev–Trinajstić information content (AvgIpc) is 3.69. The van der Waals surface area contributed by atoms with Gasteiger partial charge < -0.3 is 28.5 Å². The van der Waals surface area contributed by atoms with Crippen molar-refractivity contribution in [2.24, 2.45) is 0 Å². The van der Waals surface area contributed by atoms with E-state index in [0.717, 1.165) is 122 Å². The lowest BCUT2D eigenvalue weighted by Crippen LogP contribution is -2.47. The molecule has 3 atom stereocenters. The summed E-state index contributed by atoms with van der Waals surface area (Å²) in [5.74, 6) is -0.600. The number of nitrogens with one attached hydrogen (secondary N) is 1. The maximum atomic E-state index is 13.6. The third-order valence-electron chi connectivity index (χ3n) is 14.8. The third kappa shape index (κ3) is 64.6. The van der Waals surface area contributed by atoms with Crippen molar-refractivity contribution >= 4 is 19.7 Å². The molecular weight excluding hydrogens is 1080 g/mol. The lowest BCUT2D eigenvalue weighted by Gasteiger charge is -2.30. The van der Waals surface area contributed by atoms with E-state index in [4.69, 9.17) is 13.8 Å². The molecule has 0 aromatic rings. The molecule has 1 N–H and O–H groups in total. The van der Waals surface area contributed by atoms with Crippen molar-refractivity contribution in [3.05, 3.63) is 134 Å². The van der Waals surface area contributed by atoms with Gasteiger partial charge in [0.2, 0.25) is 5.91 Å². The highest BCUT2D eigenvalue weighted by atomic mass is 31.2. The van der Waals surface area contributed by atoms with Gasteiger partial charge in [-0.3, -0.25) is 14.2 Å². The molecule has 0 saturated heterocycles. The first-order valence-corrected chi connectivity index (χ1v) is 36.5. The van der Waals surface area contributed by atoms with Crippen molar-refractivity contribution < 1.29 is 37.3 Å². The largest absolute Gasteiger partial charge is 0.756 e. The molecule has 86 heavy (non-hydrogen) atoms. The SMILES string of the molecule is CC/C=C\C/C=C\C/C=C\C/C=C\C/C=C\C/C=C\CCCCC(=O)OC(/C=C\CCCCCCCCCCCC)C(COP(=O)([O-])OCC[N+](C)(C)C)NC(=O)CCCCCCCCCCCCC/C=C\C/C=C\C/C=C\C/C=C\CCCCC. The summed E-state index contributed by atoms with van der Waals surface area (Å²) in [6.07, 6.45) is 91.5. The van der Waals surface area contributed by atoms with Crippen LogP contribution in [0.2, 0.25) is 0 Å². The van der Waals surface area contributed by atoms with E-state index in [1.165, 1.54) is 122 Å². The first kappa shape index (κ1) is 82.1. The van der Waals surface area contributed by atoms with Crippen LogP contribution in [0.15, 0.2) is 134 Å². The molecule has 0 aliphatic carbocycles. The number of quaternary nitrogens is 1. The van der Waals surface area contributed by atoms with Crippen molar-refractivity contribution in [2.45, 2.75) is 296 Å². The van der Waals surface area contributed by atoms with Crippen LogP contribution in [0.5, 0.6) is 0 Å². The number of ether oxygens (including phenoxy) is 1. The number of phosphoric acid groups is 1. The fourth-order valence-corrected chi connectivity index (χ4v) is 10.2. The standard InChI is InChI=1S/C76H131N2O7P/c1-7-10-13-16-19-22-25-28-30-32-34-36-37-38-39-40-41-43-44-46-48-50-53-56-59-62-65-68-75(79)77-73(72-84-86(81,82)83-71-70-78(4,5)6)74(67-64-61-58-55-52-27-24-21-18-15-12-9-3)85-76(80)69-66-63-60-57-54-51-49-47-45-42-35-33-31-29-26-23-20-17-14-11-8-2/h11,14,19-20,22-23,28-31,34-36,38-39,42,47,49,54,57,64,67,73-74H,7-10,12-13,15-18,21,24-27,32-33,37,40-41,43-46,48,50-53,55-56,58-63,65-66,68-72H2,1-6H3,(H-,77,79,81,82)/b14-11-,22-19-,23-20-,30-28-,31-29-,36-34-,39-38-,42-35-,49-47-,57-54-,67-64-. The zero-order valence-corrected chi connectivity index (χ0v) is 57.1. The van der Waals surface area contributed by atoms with E-state index in [0.29, 0.717) is 23.9 Å². The zero-order chi connectivity index (χ0) is 62.8. The van der Waals surface area contributed by atoms with Crippen LogP contribution in [0.1, 0.15) is 284 Å². The highest BCUT2D eigenvalue weighted by Crippen LogP contribution is 2.38. The predicted molar refractivity (Wildman–Crippen MR) is 371 cm³/mol. The number of likely N-dealkylation sites (N-methyl/N-ethyl adjacent to an activating group) is 1. The maximum Gasteiger partial charge on any atom is 0.306 e. The van der Waals surface area contributed by atoms with Crippen LogP contribution in [0, 0.1) is 0 Å². The minimum atomic E-state index is -4.72. The Hall–Kier alpha value is -3.85. The molecule has 1 amide bonds. The Labute approximate surface area is 530 Å². The minimum Gasteiger partial charge on any atom is -0.756 e. The van der Waals surface area contributed by atoms with Crippen molar-refractivity contribution in [3.8, 4) is 0 Å². The van der Waals surface area contributed by atoms with Gasteiger partial charge in [-0.25, -0.2) is 0 Å². The summed E-state index contributed by atoms with van der Waals surface area (Å²) in [5, 5.41) is 3.03. The molecule has 492 valence electrons. The first-order valence-electron chi connectivity index (χ1n) is 35.0. The number of nitrogens with zero attached hydrogens (tertiary/aromatic N) is 1. The van der Waals surface area contributed by atoms with E-state index in [2.05, 4.69) is 148 Å². The maximum absolute atomic E-state index is 13.6. The van der Waals surface area contributed by atoms with Gasteiger partial charge in [0.1, 0.15) is 19.3 Å². The number of phosphoric ester groups is 1. The Morgan fingerprint density at radius 2 is 0.744 bits per heavy atom. The molecule has 0 fully saturated rings. The van der Waals surface area contributed by atoms with Crippen LogP contribution in [0.4, 0.5) is 0 Å². The number of allylic oxidation sites excluding steroid dienone is 21. The van der Waals surface area contributed by atoms with Crippen LogP contribution < -0.4 is 10.2 Å². The molecule has 0 spiro atoms. The Morgan fingerprint density at radius 3 is 1.15 bits per heavy atom. The predicted octanol–water partition coefficient (Wildman–Crippen LogP) is 21.8. The second kappa shape index (κ2) is 64.1. The number of unbranched alkanes of at least 4 members (excludes halogenated alkanes) is 26. The van der Waals surface area contributed by atoms with Crippen LogP contribution >= 0.6 is 7.82 Å². The van der Waals surface area contributed by atoms with Crippen LogP contribution in [-0.2, 0) is 27.9 Å². The zero-order valence-electron chi connectivity index (χ0n) is 56.2. The molecule has 0 aliphatic rings. The van der Waals surface area contributed by atoms with E-state index in [1.807, 2.05) is 33.3 Å². The molecule has 0 radical (unpaired) electrons. The fourth-order valence-electron chi connectivity index (χ4n) is 9.45. The molecule has 0 aromatic carbocycles. The summed E-state index contributed by atoms with van der Waals surface area (Å²) < 4.78 is 30.4. The van der Waals surface area contributed by atoms with Gasteiger partial charge in [0.15, 0.2) is 0 Å². The first-order chi connectivity index (χ1) is 41.9. The Balaban J connectivity index is 5.16. The van der Waals surface area contributed by atoms with Gasteiger partial charge in [-0.15, -0.1) is 0 Å². The number of carbonyl (C=O) groups excluding carboxylic acids is 2. The number of hydrogen-bond acceptors (Lipinski definition) is 7. The van der Waals surface area contributed by atoms with E-state index >= 15 is 0 Å². The number of hydrogen-bond donors (Lipinski definition) is 1. The Kier molecular flexibility index (Phi) is 61.3. The summed E-state index contributed by atoms with van der Waals surface area (Å²) in [4.78, 5) is 40.2. The third-order valence-corrected chi connectivity index (χ3v) is 15.8. The van der Waals surface area contributed by atoms with Crippen molar-refractivity contribution in [3.63, 3.8) is 0 Å². The lowest BCUT2D eigenvalue weighted by atomic mass is 10.0. The molecule has 0 rings (SSSR count). The quantitative estimate of drug-likeness (QED) is 0.0212. The van der Waals surface area contributed by atoms with Gasteiger partial charge >= 0.3 is 5.97 Å². The smallest absolute Gasteiger partial charge is 0.306 e. The van der Waals surface area contributed by atoms with Crippen LogP contribution in [-0.4, -0.2) is 69.4 Å². The van der Waals surface area contributed by atoms with Crippen molar-refractivity contribution in [1.82, 2.24) is 5.32 Å². The topological polar surface area (TPSA) is 114 Å². The van der Waals surface area contributed by atoms with Gasteiger partial charge in [-0.2, -0.15) is 0 Å². The van der Waals surface area contributed by atoms with Gasteiger partial charge in [-0.05, 0) is 128 Å². The molecule has 0 heterocycles. The monoisotopic (exact) mass is 1210 g/mol. The summed E-state index contributed by atoms with van der Waals surface area (Å²) in [6, 6.07) is -0.919. The van der Waals surface area contributed by atoms with Gasteiger partial charge in [-0.1, -0.05) is 277 Å². The summed E-state index contributed by atoms with van der Waals surface area (Å²) >= 11 is 0. The average molecular weight is 1220 g/mol. The molecule has 9 nitrogen and oxygen atoms in total. The number of esters is 1. The molecule has 0 bridgehead atoms.